The maximum Gasteiger partial charge on any atom is 0.295 e. The van der Waals surface area contributed by atoms with Gasteiger partial charge in [-0.05, 0) is 65.3 Å². The van der Waals surface area contributed by atoms with Crippen LogP contribution >= 0.6 is 0 Å². The van der Waals surface area contributed by atoms with Crippen molar-refractivity contribution in [3.05, 3.63) is 118 Å². The van der Waals surface area contributed by atoms with Crippen molar-refractivity contribution < 1.29 is 30.7 Å². The summed E-state index contributed by atoms with van der Waals surface area (Å²) < 4.78 is 71.0. The van der Waals surface area contributed by atoms with Gasteiger partial charge >= 0.3 is 0 Å². The van der Waals surface area contributed by atoms with Gasteiger partial charge in [0.2, 0.25) is 0 Å². The second kappa shape index (κ2) is 10.3. The van der Waals surface area contributed by atoms with Gasteiger partial charge in [0.1, 0.15) is 21.3 Å². The van der Waals surface area contributed by atoms with E-state index in [2.05, 4.69) is 4.85 Å². The summed E-state index contributed by atoms with van der Waals surface area (Å²) in [6.07, 6.45) is 8.30. The van der Waals surface area contributed by atoms with Crippen LogP contribution in [0.1, 0.15) is 11.1 Å². The van der Waals surface area contributed by atoms with Crippen molar-refractivity contribution in [1.29, 1.82) is 5.26 Å². The largest absolute Gasteiger partial charge is 0.457 e. The molecule has 35 heavy (non-hydrogen) atoms. The molecule has 0 fully saturated rings. The lowest BCUT2D eigenvalue weighted by Crippen LogP contribution is -2.01. The van der Waals surface area contributed by atoms with Crippen LogP contribution in [0.2, 0.25) is 0 Å². The van der Waals surface area contributed by atoms with Crippen molar-refractivity contribution in [2.45, 2.75) is 9.79 Å². The van der Waals surface area contributed by atoms with Gasteiger partial charge in [-0.25, -0.2) is 10.1 Å². The van der Waals surface area contributed by atoms with Crippen LogP contribution in [0.4, 0.5) is 0 Å². The van der Waals surface area contributed by atoms with Crippen LogP contribution in [0.15, 0.2) is 105 Å². The number of allylic oxidation sites excluding steroid dienone is 6. The molecule has 0 aliphatic carbocycles. The molecule has 2 N–H and O–H groups in total. The molecule has 1 aliphatic rings. The minimum absolute atomic E-state index is 0.131. The van der Waals surface area contributed by atoms with E-state index in [4.69, 9.17) is 11.3 Å². The average molecular weight is 509 g/mol. The van der Waals surface area contributed by atoms with E-state index in [9.17, 15) is 31.2 Å². The number of hydrogen-bond donors (Lipinski definition) is 2. The fourth-order valence-electron chi connectivity index (χ4n) is 3.05. The van der Waals surface area contributed by atoms with Crippen LogP contribution in [-0.4, -0.2) is 25.9 Å². The van der Waals surface area contributed by atoms with E-state index in [1.165, 1.54) is 72.9 Å². The lowest BCUT2D eigenvalue weighted by molar-refractivity contribution is 0.332. The van der Waals surface area contributed by atoms with Gasteiger partial charge in [0.25, 0.3) is 25.9 Å². The highest BCUT2D eigenvalue weighted by Crippen LogP contribution is 2.26. The van der Waals surface area contributed by atoms with E-state index in [1.54, 1.807) is 18.2 Å². The topological polar surface area (TPSA) is 146 Å². The highest BCUT2D eigenvalue weighted by Gasteiger charge is 2.16. The van der Waals surface area contributed by atoms with Crippen LogP contribution in [-0.2, 0) is 25.0 Å². The van der Waals surface area contributed by atoms with Gasteiger partial charge in [0.05, 0.1) is 12.6 Å². The fourth-order valence-corrected chi connectivity index (χ4v) is 4.42. The van der Waals surface area contributed by atoms with Crippen molar-refractivity contribution in [2.24, 2.45) is 0 Å². The molecule has 1 aliphatic heterocycles. The van der Waals surface area contributed by atoms with Crippen molar-refractivity contribution in [2.75, 3.05) is 0 Å². The zero-order valence-corrected chi connectivity index (χ0v) is 19.4. The Balaban J connectivity index is 2.02. The first kappa shape index (κ1) is 25.4. The molecule has 1 heterocycles. The van der Waals surface area contributed by atoms with E-state index < -0.39 is 20.2 Å². The molecular formula is C24H16N2O7S2. The molecule has 0 atom stereocenters. The van der Waals surface area contributed by atoms with Gasteiger partial charge in [-0.15, -0.1) is 0 Å². The second-order valence-electron chi connectivity index (χ2n) is 6.92. The summed E-state index contributed by atoms with van der Waals surface area (Å²) in [7, 11) is -8.96. The van der Waals surface area contributed by atoms with E-state index in [0.29, 0.717) is 0 Å². The zero-order chi connectivity index (χ0) is 25.6. The van der Waals surface area contributed by atoms with E-state index in [0.717, 1.165) is 0 Å². The lowest BCUT2D eigenvalue weighted by atomic mass is 10.1. The number of rotatable bonds is 6. The Hall–Kier alpha value is -4.26. The summed E-state index contributed by atoms with van der Waals surface area (Å²) in [5.41, 5.74) is 0.315. The minimum Gasteiger partial charge on any atom is -0.457 e. The van der Waals surface area contributed by atoms with E-state index in [-0.39, 0.29) is 43.7 Å². The molecule has 0 saturated carbocycles. The predicted octanol–water partition coefficient (Wildman–Crippen LogP) is 4.40. The lowest BCUT2D eigenvalue weighted by Gasteiger charge is -2.14. The third-order valence-corrected chi connectivity index (χ3v) is 6.43. The summed E-state index contributed by atoms with van der Waals surface area (Å²) in [6, 6.07) is 13.2. The first-order chi connectivity index (χ1) is 16.5. The fraction of sp³-hybridized carbons (Fsp3) is 0. The SMILES string of the molecule is [C-]#[N+]C(C#N)=C1C=C(/C=C/c2ccccc2S(=O)(=O)O)OC(/C=C/c2ccccc2S(=O)(=O)O)=C1. The standard InChI is InChI=1S/C24H16N2O7S2/c1-26-22(16-25)19-14-20(12-10-17-6-2-4-8-23(17)34(27,28)29)33-21(15-19)13-11-18-7-3-5-9-24(18)35(30,31)32/h2-15H,(H,27,28,29)(H,30,31,32)/b12-10+,13-11+. The monoisotopic (exact) mass is 508 g/mol. The quantitative estimate of drug-likeness (QED) is 0.332. The van der Waals surface area contributed by atoms with Crippen molar-refractivity contribution >= 4 is 32.4 Å². The summed E-state index contributed by atoms with van der Waals surface area (Å²) in [5.74, 6) is 0.263. The van der Waals surface area contributed by atoms with E-state index >= 15 is 0 Å². The van der Waals surface area contributed by atoms with Gasteiger partial charge in [-0.3, -0.25) is 9.11 Å². The molecule has 2 aromatic carbocycles. The van der Waals surface area contributed by atoms with Crippen LogP contribution in [0, 0.1) is 17.9 Å². The molecule has 0 unspecified atom stereocenters. The van der Waals surface area contributed by atoms with Gasteiger partial charge < -0.3 is 4.74 Å². The molecule has 176 valence electrons. The van der Waals surface area contributed by atoms with Crippen LogP contribution in [0.3, 0.4) is 0 Å². The molecule has 0 bridgehead atoms. The van der Waals surface area contributed by atoms with E-state index in [1.807, 2.05) is 0 Å². The second-order valence-corrected chi connectivity index (χ2v) is 9.70. The Morgan fingerprint density at radius 2 is 1.26 bits per heavy atom. The average Bonchev–Trinajstić information content (AvgIpc) is 2.81. The molecule has 2 aromatic rings. The van der Waals surface area contributed by atoms with Gasteiger partial charge in [-0.2, -0.15) is 16.8 Å². The van der Waals surface area contributed by atoms with Crippen LogP contribution in [0.5, 0.6) is 0 Å². The molecule has 11 heteroatoms. The van der Waals surface area contributed by atoms with Gasteiger partial charge in [0.15, 0.2) is 0 Å². The summed E-state index contributed by atoms with van der Waals surface area (Å²) in [4.78, 5) is 2.54. The summed E-state index contributed by atoms with van der Waals surface area (Å²) in [5, 5.41) is 9.27. The van der Waals surface area contributed by atoms with Crippen molar-refractivity contribution in [3.63, 3.8) is 0 Å². The predicted molar refractivity (Wildman–Crippen MR) is 127 cm³/mol. The molecule has 0 spiro atoms. The molecule has 0 saturated heterocycles. The molecule has 0 amide bonds. The maximum atomic E-state index is 11.6. The number of nitriles is 1. The first-order valence-electron chi connectivity index (χ1n) is 9.65. The van der Waals surface area contributed by atoms with Gasteiger partial charge in [0, 0.05) is 0 Å². The summed E-state index contributed by atoms with van der Waals surface area (Å²) >= 11 is 0. The van der Waals surface area contributed by atoms with Crippen molar-refractivity contribution in [3.8, 4) is 6.07 Å². The Kier molecular flexibility index (Phi) is 7.49. The molecule has 9 nitrogen and oxygen atoms in total. The first-order valence-corrected chi connectivity index (χ1v) is 12.5. The van der Waals surface area contributed by atoms with Crippen LogP contribution in [0.25, 0.3) is 17.0 Å². The molecular weight excluding hydrogens is 492 g/mol. The highest BCUT2D eigenvalue weighted by molar-refractivity contribution is 7.86. The highest BCUT2D eigenvalue weighted by atomic mass is 32.2. The number of benzene rings is 2. The summed E-state index contributed by atoms with van der Waals surface area (Å²) in [6.45, 7) is 7.21. The normalized spacial score (nSPS) is 14.1. The molecule has 3 rings (SSSR count). The Morgan fingerprint density at radius 1 is 0.829 bits per heavy atom. The number of hydrogen-bond acceptors (Lipinski definition) is 6. The molecule has 0 aromatic heterocycles. The minimum atomic E-state index is -4.48. The smallest absolute Gasteiger partial charge is 0.295 e. The zero-order valence-electron chi connectivity index (χ0n) is 17.7. The van der Waals surface area contributed by atoms with Gasteiger partial charge in [-0.1, -0.05) is 36.4 Å². The Morgan fingerprint density at radius 3 is 1.63 bits per heavy atom. The Labute approximate surface area is 202 Å². The third-order valence-electron chi connectivity index (χ3n) is 4.57. The maximum absolute atomic E-state index is 11.6. The number of ether oxygens (including phenoxy) is 1. The third kappa shape index (κ3) is 6.41. The Bertz CT molecular complexity index is 1510. The van der Waals surface area contributed by atoms with Crippen molar-refractivity contribution in [1.82, 2.24) is 0 Å². The molecule has 0 radical (unpaired) electrons. The number of nitrogens with zero attached hydrogens (tertiary/aromatic N) is 2. The van der Waals surface area contributed by atoms with Crippen LogP contribution < -0.4 is 0 Å².